The average molecular weight is 397 g/mol. The molecule has 1 aliphatic heterocycles. The topological polar surface area (TPSA) is 86.8 Å². The summed E-state index contributed by atoms with van der Waals surface area (Å²) in [5, 5.41) is 5.65. The number of rotatable bonds is 4. The Bertz CT molecular complexity index is 848. The van der Waals surface area contributed by atoms with Crippen LogP contribution in [0.5, 0.6) is 0 Å². The van der Waals surface area contributed by atoms with Gasteiger partial charge in [-0.3, -0.25) is 9.88 Å². The minimum absolute atomic E-state index is 0.168. The molecule has 2 aromatic rings. The van der Waals surface area contributed by atoms with Crippen LogP contribution in [0.2, 0.25) is 0 Å². The second kappa shape index (κ2) is 9.38. The molecule has 2 heterocycles. The van der Waals surface area contributed by atoms with Gasteiger partial charge in [-0.2, -0.15) is 0 Å². The zero-order valence-corrected chi connectivity index (χ0v) is 17.0. The number of benzene rings is 1. The van der Waals surface area contributed by atoms with Gasteiger partial charge >= 0.3 is 12.1 Å². The molecule has 2 N–H and O–H groups in total. The first kappa shape index (κ1) is 20.6. The summed E-state index contributed by atoms with van der Waals surface area (Å²) in [5.41, 5.74) is 3.36. The SMILES string of the molecule is COC(=O)N1CCN([C@H](C)c2cccc(NC(=O)Nc3ccc(C)nc3)c2)CC1. The molecule has 29 heavy (non-hydrogen) atoms. The molecule has 0 aliphatic carbocycles. The van der Waals surface area contributed by atoms with Gasteiger partial charge in [-0.15, -0.1) is 0 Å². The van der Waals surface area contributed by atoms with E-state index in [0.29, 0.717) is 18.8 Å². The zero-order valence-electron chi connectivity index (χ0n) is 17.0. The van der Waals surface area contributed by atoms with Crippen LogP contribution in [-0.4, -0.2) is 60.2 Å². The van der Waals surface area contributed by atoms with E-state index in [0.717, 1.165) is 30.0 Å². The smallest absolute Gasteiger partial charge is 0.409 e. The fraction of sp³-hybridized carbons (Fsp3) is 0.381. The first-order valence-electron chi connectivity index (χ1n) is 9.64. The summed E-state index contributed by atoms with van der Waals surface area (Å²) < 4.78 is 4.79. The molecule has 1 aromatic heterocycles. The number of hydrogen-bond donors (Lipinski definition) is 2. The molecule has 0 bridgehead atoms. The van der Waals surface area contributed by atoms with Crippen LogP contribution < -0.4 is 10.6 Å². The largest absolute Gasteiger partial charge is 0.453 e. The van der Waals surface area contributed by atoms with Crippen LogP contribution in [0, 0.1) is 6.92 Å². The van der Waals surface area contributed by atoms with Crippen LogP contribution in [0.15, 0.2) is 42.6 Å². The highest BCUT2D eigenvalue weighted by Crippen LogP contribution is 2.24. The maximum Gasteiger partial charge on any atom is 0.409 e. The lowest BCUT2D eigenvalue weighted by atomic mass is 10.1. The molecule has 1 aromatic carbocycles. The molecule has 0 spiro atoms. The lowest BCUT2D eigenvalue weighted by Crippen LogP contribution is -2.49. The van der Waals surface area contributed by atoms with E-state index < -0.39 is 0 Å². The van der Waals surface area contributed by atoms with Gasteiger partial charge in [-0.25, -0.2) is 9.59 Å². The van der Waals surface area contributed by atoms with E-state index >= 15 is 0 Å². The third-order valence-corrected chi connectivity index (χ3v) is 5.09. The van der Waals surface area contributed by atoms with Crippen molar-refractivity contribution < 1.29 is 14.3 Å². The summed E-state index contributed by atoms with van der Waals surface area (Å²) in [5.74, 6) is 0. The van der Waals surface area contributed by atoms with Gasteiger partial charge in [0.2, 0.25) is 0 Å². The summed E-state index contributed by atoms with van der Waals surface area (Å²) in [6.45, 7) is 6.85. The Balaban J connectivity index is 1.58. The maximum atomic E-state index is 12.3. The van der Waals surface area contributed by atoms with Gasteiger partial charge in [0.1, 0.15) is 0 Å². The van der Waals surface area contributed by atoms with E-state index in [9.17, 15) is 9.59 Å². The van der Waals surface area contributed by atoms with Crippen molar-refractivity contribution in [3.63, 3.8) is 0 Å². The van der Waals surface area contributed by atoms with Gasteiger partial charge < -0.3 is 20.3 Å². The molecule has 1 saturated heterocycles. The maximum absolute atomic E-state index is 12.3. The number of ether oxygens (including phenoxy) is 1. The van der Waals surface area contributed by atoms with Gasteiger partial charge in [-0.1, -0.05) is 12.1 Å². The molecule has 3 amide bonds. The number of nitrogens with one attached hydrogen (secondary N) is 2. The van der Waals surface area contributed by atoms with E-state index in [-0.39, 0.29) is 18.2 Å². The molecule has 1 atom stereocenters. The van der Waals surface area contributed by atoms with Crippen LogP contribution in [0.4, 0.5) is 21.0 Å². The molecular weight excluding hydrogens is 370 g/mol. The lowest BCUT2D eigenvalue weighted by molar-refractivity contribution is 0.0778. The number of hydrogen-bond acceptors (Lipinski definition) is 5. The highest BCUT2D eigenvalue weighted by molar-refractivity contribution is 5.99. The van der Waals surface area contributed by atoms with Gasteiger partial charge in [0.15, 0.2) is 0 Å². The molecule has 1 aliphatic rings. The number of urea groups is 1. The Morgan fingerprint density at radius 1 is 1.07 bits per heavy atom. The highest BCUT2D eigenvalue weighted by atomic mass is 16.5. The van der Waals surface area contributed by atoms with E-state index in [1.807, 2.05) is 43.3 Å². The van der Waals surface area contributed by atoms with Crippen molar-refractivity contribution in [3.05, 3.63) is 53.9 Å². The van der Waals surface area contributed by atoms with Gasteiger partial charge in [-0.05, 0) is 43.7 Å². The molecule has 0 saturated carbocycles. The average Bonchev–Trinajstić information content (AvgIpc) is 2.74. The molecule has 3 rings (SSSR count). The second-order valence-electron chi connectivity index (χ2n) is 7.06. The molecule has 154 valence electrons. The van der Waals surface area contributed by atoms with Crippen molar-refractivity contribution in [2.24, 2.45) is 0 Å². The Hall–Kier alpha value is -3.13. The van der Waals surface area contributed by atoms with E-state index in [2.05, 4.69) is 27.4 Å². The van der Waals surface area contributed by atoms with Crippen LogP contribution in [-0.2, 0) is 4.74 Å². The lowest BCUT2D eigenvalue weighted by Gasteiger charge is -2.37. The minimum atomic E-state index is -0.313. The van der Waals surface area contributed by atoms with Crippen molar-refractivity contribution in [2.75, 3.05) is 43.9 Å². The third kappa shape index (κ3) is 5.45. The predicted molar refractivity (Wildman–Crippen MR) is 112 cm³/mol. The molecule has 0 radical (unpaired) electrons. The Labute approximate surface area is 170 Å². The van der Waals surface area contributed by atoms with Crippen LogP contribution in [0.3, 0.4) is 0 Å². The van der Waals surface area contributed by atoms with Crippen molar-refractivity contribution in [1.29, 1.82) is 0 Å². The quantitative estimate of drug-likeness (QED) is 0.825. The second-order valence-corrected chi connectivity index (χ2v) is 7.06. The summed E-state index contributed by atoms with van der Waals surface area (Å²) in [7, 11) is 1.40. The number of amides is 3. The van der Waals surface area contributed by atoms with Crippen molar-refractivity contribution >= 4 is 23.5 Å². The number of aryl methyl sites for hydroxylation is 1. The van der Waals surface area contributed by atoms with E-state index in [1.165, 1.54) is 7.11 Å². The van der Waals surface area contributed by atoms with E-state index in [1.54, 1.807) is 11.1 Å². The van der Waals surface area contributed by atoms with Crippen molar-refractivity contribution in [2.45, 2.75) is 19.9 Å². The number of carbonyl (C=O) groups excluding carboxylic acids is 2. The molecular formula is C21H27N5O3. The number of aromatic nitrogens is 1. The molecule has 0 unspecified atom stereocenters. The Morgan fingerprint density at radius 3 is 2.45 bits per heavy atom. The predicted octanol–water partition coefficient (Wildman–Crippen LogP) is 3.48. The highest BCUT2D eigenvalue weighted by Gasteiger charge is 2.25. The first-order chi connectivity index (χ1) is 14.0. The molecule has 8 nitrogen and oxygen atoms in total. The summed E-state index contributed by atoms with van der Waals surface area (Å²) >= 11 is 0. The molecule has 1 fully saturated rings. The minimum Gasteiger partial charge on any atom is -0.453 e. The normalized spacial score (nSPS) is 15.5. The number of piperazine rings is 1. The Kier molecular flexibility index (Phi) is 6.66. The van der Waals surface area contributed by atoms with Crippen LogP contribution in [0.25, 0.3) is 0 Å². The number of methoxy groups -OCH3 is 1. The van der Waals surface area contributed by atoms with Crippen LogP contribution in [0.1, 0.15) is 24.2 Å². The Morgan fingerprint density at radius 2 is 1.79 bits per heavy atom. The number of anilines is 2. The third-order valence-electron chi connectivity index (χ3n) is 5.09. The fourth-order valence-corrected chi connectivity index (χ4v) is 3.34. The first-order valence-corrected chi connectivity index (χ1v) is 9.64. The monoisotopic (exact) mass is 397 g/mol. The summed E-state index contributed by atoms with van der Waals surface area (Å²) in [6.07, 6.45) is 1.35. The number of nitrogens with zero attached hydrogens (tertiary/aromatic N) is 3. The number of carbonyl (C=O) groups is 2. The van der Waals surface area contributed by atoms with E-state index in [4.69, 9.17) is 4.74 Å². The number of pyridine rings is 1. The molecule has 8 heteroatoms. The summed E-state index contributed by atoms with van der Waals surface area (Å²) in [4.78, 5) is 32.1. The van der Waals surface area contributed by atoms with Gasteiger partial charge in [0, 0.05) is 43.6 Å². The van der Waals surface area contributed by atoms with Crippen molar-refractivity contribution in [3.8, 4) is 0 Å². The van der Waals surface area contributed by atoms with Gasteiger partial charge in [0.25, 0.3) is 0 Å². The fourth-order valence-electron chi connectivity index (χ4n) is 3.34. The summed E-state index contributed by atoms with van der Waals surface area (Å²) in [6, 6.07) is 11.3. The standard InChI is InChI=1S/C21H27N5O3/c1-15-7-8-19(14-22-15)24-20(27)23-18-6-4-5-17(13-18)16(2)25-9-11-26(12-10-25)21(28)29-3/h4-8,13-14,16H,9-12H2,1-3H3,(H2,23,24,27)/t16-/m1/s1. The van der Waals surface area contributed by atoms with Gasteiger partial charge in [0.05, 0.1) is 19.0 Å². The zero-order chi connectivity index (χ0) is 20.8. The van der Waals surface area contributed by atoms with Crippen molar-refractivity contribution in [1.82, 2.24) is 14.8 Å². The van der Waals surface area contributed by atoms with Crippen LogP contribution >= 0.6 is 0 Å².